The Morgan fingerprint density at radius 3 is 2.64 bits per heavy atom. The van der Waals surface area contributed by atoms with E-state index in [0.29, 0.717) is 0 Å². The Kier molecular flexibility index (Phi) is 4.56. The predicted octanol–water partition coefficient (Wildman–Crippen LogP) is -0.599. The predicted molar refractivity (Wildman–Crippen MR) is 45.7 cm³/mol. The molecule has 11 heavy (non-hydrogen) atoms. The summed E-state index contributed by atoms with van der Waals surface area (Å²) < 4.78 is 0. The molecule has 0 aliphatic carbocycles. The van der Waals surface area contributed by atoms with Crippen LogP contribution in [0.4, 0.5) is 0 Å². The van der Waals surface area contributed by atoms with Crippen molar-refractivity contribution in [3.8, 4) is 0 Å². The molecule has 0 spiro atoms. The summed E-state index contributed by atoms with van der Waals surface area (Å²) in [5.41, 5.74) is 13.4. The van der Waals surface area contributed by atoms with Crippen LogP contribution in [0.25, 0.3) is 0 Å². The van der Waals surface area contributed by atoms with Crippen LogP contribution >= 0.6 is 0 Å². The molecule has 0 bridgehead atoms. The summed E-state index contributed by atoms with van der Waals surface area (Å²) in [5.74, 6) is -0.0842. The largest absolute Gasteiger partial charge is 0.369 e. The van der Waals surface area contributed by atoms with Crippen LogP contribution in [-0.2, 0) is 0 Å². The minimum Gasteiger partial charge on any atom is -0.369 e. The first-order valence-corrected chi connectivity index (χ1v) is 3.67. The number of guanidine groups is 1. The van der Waals surface area contributed by atoms with E-state index in [9.17, 15) is 0 Å². The molecule has 5 heteroatoms. The average Bonchev–Trinajstić information content (AvgIpc) is 1.86. The maximum atomic E-state index is 6.92. The lowest BCUT2D eigenvalue weighted by Gasteiger charge is -2.24. The van der Waals surface area contributed by atoms with Crippen LogP contribution in [0.1, 0.15) is 19.8 Å². The Hall–Kier alpha value is -0.810. The van der Waals surface area contributed by atoms with Gasteiger partial charge in [0.05, 0.1) is 6.17 Å². The van der Waals surface area contributed by atoms with E-state index in [-0.39, 0.29) is 12.1 Å². The van der Waals surface area contributed by atoms with Crippen LogP contribution in [0.3, 0.4) is 0 Å². The highest BCUT2D eigenvalue weighted by Gasteiger charge is 2.07. The molecule has 66 valence electrons. The third-order valence-corrected chi connectivity index (χ3v) is 1.38. The number of nitrogens with one attached hydrogen (secondary N) is 2. The zero-order chi connectivity index (χ0) is 8.85. The molecule has 0 aliphatic rings. The summed E-state index contributed by atoms with van der Waals surface area (Å²) in [6, 6.07) is 0. The SMILES string of the molecule is CCCC(N)N(C)NC(=N)N. The average molecular weight is 159 g/mol. The van der Waals surface area contributed by atoms with Gasteiger partial charge < -0.3 is 11.5 Å². The molecule has 0 heterocycles. The van der Waals surface area contributed by atoms with Crippen molar-refractivity contribution in [2.24, 2.45) is 11.5 Å². The van der Waals surface area contributed by atoms with Crippen molar-refractivity contribution in [2.45, 2.75) is 25.9 Å². The van der Waals surface area contributed by atoms with Gasteiger partial charge in [-0.25, -0.2) is 5.01 Å². The minimum absolute atomic E-state index is 0.0797. The van der Waals surface area contributed by atoms with Crippen molar-refractivity contribution in [1.82, 2.24) is 10.4 Å². The fourth-order valence-electron chi connectivity index (χ4n) is 0.762. The highest BCUT2D eigenvalue weighted by atomic mass is 15.6. The van der Waals surface area contributed by atoms with Crippen molar-refractivity contribution in [2.75, 3.05) is 7.05 Å². The van der Waals surface area contributed by atoms with E-state index < -0.39 is 0 Å². The number of hydrazine groups is 1. The number of hydrogen-bond acceptors (Lipinski definition) is 3. The molecule has 0 saturated carbocycles. The van der Waals surface area contributed by atoms with E-state index in [1.54, 1.807) is 12.1 Å². The fraction of sp³-hybridized carbons (Fsp3) is 0.833. The number of rotatable bonds is 4. The van der Waals surface area contributed by atoms with Gasteiger partial charge in [-0.05, 0) is 6.42 Å². The van der Waals surface area contributed by atoms with Crippen molar-refractivity contribution in [1.29, 1.82) is 5.41 Å². The molecule has 0 fully saturated rings. The van der Waals surface area contributed by atoms with Gasteiger partial charge in [-0.2, -0.15) is 0 Å². The summed E-state index contributed by atoms with van der Waals surface area (Å²) in [7, 11) is 1.77. The molecule has 0 aromatic heterocycles. The second kappa shape index (κ2) is 4.92. The molecular weight excluding hydrogens is 142 g/mol. The lowest BCUT2D eigenvalue weighted by molar-refractivity contribution is 0.197. The van der Waals surface area contributed by atoms with Crippen LogP contribution in [0.2, 0.25) is 0 Å². The third kappa shape index (κ3) is 4.58. The van der Waals surface area contributed by atoms with E-state index in [2.05, 4.69) is 12.3 Å². The van der Waals surface area contributed by atoms with Crippen LogP contribution < -0.4 is 16.9 Å². The lowest BCUT2D eigenvalue weighted by atomic mass is 10.3. The first-order valence-electron chi connectivity index (χ1n) is 3.67. The molecule has 5 nitrogen and oxygen atoms in total. The summed E-state index contributed by atoms with van der Waals surface area (Å²) >= 11 is 0. The fourth-order valence-corrected chi connectivity index (χ4v) is 0.762. The summed E-state index contributed by atoms with van der Waals surface area (Å²) in [4.78, 5) is 0. The quantitative estimate of drug-likeness (QED) is 0.191. The molecule has 1 atom stereocenters. The first kappa shape index (κ1) is 10.2. The second-order valence-electron chi connectivity index (χ2n) is 2.49. The van der Waals surface area contributed by atoms with E-state index in [4.69, 9.17) is 16.9 Å². The van der Waals surface area contributed by atoms with Crippen LogP contribution in [-0.4, -0.2) is 24.2 Å². The zero-order valence-electron chi connectivity index (χ0n) is 7.09. The molecule has 0 aromatic rings. The van der Waals surface area contributed by atoms with Crippen LogP contribution in [0.5, 0.6) is 0 Å². The molecule has 1 unspecified atom stereocenters. The Morgan fingerprint density at radius 2 is 2.27 bits per heavy atom. The smallest absolute Gasteiger partial charge is 0.200 e. The Labute approximate surface area is 67.2 Å². The van der Waals surface area contributed by atoms with Crippen LogP contribution in [0.15, 0.2) is 0 Å². The number of hydrogen-bond donors (Lipinski definition) is 4. The Morgan fingerprint density at radius 1 is 1.73 bits per heavy atom. The highest BCUT2D eigenvalue weighted by Crippen LogP contribution is 1.94. The van der Waals surface area contributed by atoms with E-state index >= 15 is 0 Å². The van der Waals surface area contributed by atoms with Crippen molar-refractivity contribution < 1.29 is 0 Å². The molecule has 0 amide bonds. The molecule has 0 aromatic carbocycles. The molecule has 0 rings (SSSR count). The normalized spacial score (nSPS) is 13.1. The van der Waals surface area contributed by atoms with Crippen molar-refractivity contribution >= 4 is 5.96 Å². The molecular formula is C6H17N5. The highest BCUT2D eigenvalue weighted by molar-refractivity contribution is 5.73. The lowest BCUT2D eigenvalue weighted by Crippen LogP contribution is -2.51. The Balaban J connectivity index is 3.63. The topological polar surface area (TPSA) is 91.2 Å². The standard InChI is InChI=1S/C6H17N5/c1-3-4-5(7)11(2)10-6(8)9/h5H,3-4,7H2,1-2H3,(H4,8,9,10). The van der Waals surface area contributed by atoms with Gasteiger partial charge >= 0.3 is 0 Å². The van der Waals surface area contributed by atoms with E-state index in [0.717, 1.165) is 12.8 Å². The van der Waals surface area contributed by atoms with Gasteiger partial charge in [0.15, 0.2) is 0 Å². The van der Waals surface area contributed by atoms with Gasteiger partial charge in [0.1, 0.15) is 0 Å². The summed E-state index contributed by atoms with van der Waals surface area (Å²) in [5, 5.41) is 8.55. The molecule has 0 aliphatic heterocycles. The van der Waals surface area contributed by atoms with E-state index in [1.165, 1.54) is 0 Å². The molecule has 0 radical (unpaired) electrons. The van der Waals surface area contributed by atoms with Gasteiger partial charge in [0.25, 0.3) is 0 Å². The minimum atomic E-state index is -0.0842. The van der Waals surface area contributed by atoms with Gasteiger partial charge in [-0.3, -0.25) is 10.8 Å². The second-order valence-corrected chi connectivity index (χ2v) is 2.49. The monoisotopic (exact) mass is 159 g/mol. The number of nitrogens with two attached hydrogens (primary N) is 2. The van der Waals surface area contributed by atoms with Gasteiger partial charge in [0, 0.05) is 7.05 Å². The maximum absolute atomic E-state index is 6.92. The van der Waals surface area contributed by atoms with Crippen molar-refractivity contribution in [3.05, 3.63) is 0 Å². The van der Waals surface area contributed by atoms with Gasteiger partial charge in [-0.1, -0.05) is 13.3 Å². The Bertz CT molecular complexity index is 124. The first-order chi connectivity index (χ1) is 5.07. The third-order valence-electron chi connectivity index (χ3n) is 1.38. The zero-order valence-corrected chi connectivity index (χ0v) is 7.09. The molecule has 6 N–H and O–H groups in total. The van der Waals surface area contributed by atoms with Gasteiger partial charge in [-0.15, -0.1) is 0 Å². The summed E-state index contributed by atoms with van der Waals surface area (Å²) in [6.45, 7) is 2.06. The molecule has 0 saturated heterocycles. The van der Waals surface area contributed by atoms with Crippen LogP contribution in [0, 0.1) is 5.41 Å². The number of nitrogens with zero attached hydrogens (tertiary/aromatic N) is 1. The summed E-state index contributed by atoms with van der Waals surface area (Å²) in [6.07, 6.45) is 1.82. The maximum Gasteiger partial charge on any atom is 0.200 e. The van der Waals surface area contributed by atoms with Gasteiger partial charge in [0.2, 0.25) is 5.96 Å². The van der Waals surface area contributed by atoms with Crippen molar-refractivity contribution in [3.63, 3.8) is 0 Å². The van der Waals surface area contributed by atoms with E-state index in [1.807, 2.05) is 0 Å².